The molecule has 0 aliphatic heterocycles. The van der Waals surface area contributed by atoms with Crippen LogP contribution in [0.1, 0.15) is 51.2 Å². The van der Waals surface area contributed by atoms with Gasteiger partial charge in [-0.3, -0.25) is 9.59 Å². The van der Waals surface area contributed by atoms with Crippen LogP contribution >= 0.6 is 34.8 Å². The number of amides is 2. The zero-order chi connectivity index (χ0) is 23.0. The Hall–Kier alpha value is -1.75. The summed E-state index contributed by atoms with van der Waals surface area (Å²) in [5.74, 6) is -0.326. The Labute approximate surface area is 199 Å². The van der Waals surface area contributed by atoms with Crippen molar-refractivity contribution in [3.63, 3.8) is 0 Å². The first-order valence-electron chi connectivity index (χ1n) is 10.5. The molecular weight excluding hydrogens is 455 g/mol. The summed E-state index contributed by atoms with van der Waals surface area (Å²) in [6.07, 6.45) is 1.98. The van der Waals surface area contributed by atoms with E-state index in [4.69, 9.17) is 34.8 Å². The van der Waals surface area contributed by atoms with Crippen LogP contribution in [0.3, 0.4) is 0 Å². The number of benzene rings is 2. The maximum Gasteiger partial charge on any atom is 0.243 e. The third kappa shape index (κ3) is 7.13. The van der Waals surface area contributed by atoms with Gasteiger partial charge in [-0.1, -0.05) is 72.9 Å². The van der Waals surface area contributed by atoms with Crippen LogP contribution in [0.25, 0.3) is 0 Å². The van der Waals surface area contributed by atoms with E-state index in [9.17, 15) is 9.59 Å². The molecule has 2 amide bonds. The highest BCUT2D eigenvalue weighted by atomic mass is 35.5. The Morgan fingerprint density at radius 1 is 0.935 bits per heavy atom. The molecule has 0 aliphatic carbocycles. The minimum atomic E-state index is -0.625. The standard InChI is InChI=1S/C24H29Cl3N2O2/c1-4-16(3)28-24(31)22(5-2)29(15-18-20(26)11-8-12-21(18)27)23(30)14-13-17-9-6-7-10-19(17)25/h6-12,16,22H,4-5,13-15H2,1-3H3,(H,28,31). The fourth-order valence-electron chi connectivity index (χ4n) is 3.30. The summed E-state index contributed by atoms with van der Waals surface area (Å²) < 4.78 is 0. The third-order valence-corrected chi connectivity index (χ3v) is 6.42. The Bertz CT molecular complexity index is 884. The van der Waals surface area contributed by atoms with Crippen molar-refractivity contribution in [2.75, 3.05) is 0 Å². The molecule has 4 nitrogen and oxygen atoms in total. The van der Waals surface area contributed by atoms with Gasteiger partial charge in [0.15, 0.2) is 0 Å². The van der Waals surface area contributed by atoms with E-state index in [-0.39, 0.29) is 30.8 Å². The molecule has 2 atom stereocenters. The lowest BCUT2D eigenvalue weighted by molar-refractivity contribution is -0.141. The van der Waals surface area contributed by atoms with Gasteiger partial charge < -0.3 is 10.2 Å². The molecule has 0 saturated heterocycles. The Morgan fingerprint density at radius 3 is 2.13 bits per heavy atom. The molecule has 2 rings (SSSR count). The molecule has 0 radical (unpaired) electrons. The molecule has 0 heterocycles. The van der Waals surface area contributed by atoms with Crippen molar-refractivity contribution in [2.24, 2.45) is 0 Å². The number of halogens is 3. The van der Waals surface area contributed by atoms with Gasteiger partial charge in [-0.15, -0.1) is 0 Å². The van der Waals surface area contributed by atoms with E-state index in [0.717, 1.165) is 12.0 Å². The Balaban J connectivity index is 2.30. The smallest absolute Gasteiger partial charge is 0.243 e. The van der Waals surface area contributed by atoms with E-state index in [1.165, 1.54) is 0 Å². The summed E-state index contributed by atoms with van der Waals surface area (Å²) in [4.78, 5) is 27.9. The van der Waals surface area contributed by atoms with Gasteiger partial charge in [-0.2, -0.15) is 0 Å². The van der Waals surface area contributed by atoms with Gasteiger partial charge in [0.25, 0.3) is 0 Å². The van der Waals surface area contributed by atoms with Gasteiger partial charge in [0.2, 0.25) is 11.8 Å². The van der Waals surface area contributed by atoms with Gasteiger partial charge in [0.05, 0.1) is 0 Å². The average Bonchev–Trinajstić information content (AvgIpc) is 2.74. The third-order valence-electron chi connectivity index (χ3n) is 5.34. The van der Waals surface area contributed by atoms with E-state index in [1.54, 1.807) is 29.2 Å². The molecule has 2 aromatic carbocycles. The summed E-state index contributed by atoms with van der Waals surface area (Å²) in [5.41, 5.74) is 1.53. The number of nitrogens with zero attached hydrogens (tertiary/aromatic N) is 1. The van der Waals surface area contributed by atoms with E-state index in [0.29, 0.717) is 33.5 Å². The zero-order valence-corrected chi connectivity index (χ0v) is 20.4. The quantitative estimate of drug-likeness (QED) is 0.431. The van der Waals surface area contributed by atoms with Crippen molar-refractivity contribution in [1.29, 1.82) is 0 Å². The van der Waals surface area contributed by atoms with Gasteiger partial charge in [0, 0.05) is 39.6 Å². The van der Waals surface area contributed by atoms with Crippen LogP contribution in [0.2, 0.25) is 15.1 Å². The molecule has 0 fully saturated rings. The molecule has 31 heavy (non-hydrogen) atoms. The van der Waals surface area contributed by atoms with E-state index < -0.39 is 6.04 Å². The summed E-state index contributed by atoms with van der Waals surface area (Å²) >= 11 is 19.0. The summed E-state index contributed by atoms with van der Waals surface area (Å²) in [6.45, 7) is 6.00. The SMILES string of the molecule is CCC(C)NC(=O)C(CC)N(Cc1c(Cl)cccc1Cl)C(=O)CCc1ccccc1Cl. The number of carbonyl (C=O) groups is 2. The van der Waals surface area contributed by atoms with Crippen LogP contribution in [-0.4, -0.2) is 28.8 Å². The molecule has 1 N–H and O–H groups in total. The van der Waals surface area contributed by atoms with Crippen molar-refractivity contribution in [2.45, 2.75) is 65.1 Å². The molecule has 2 unspecified atom stereocenters. The predicted octanol–water partition coefficient (Wildman–Crippen LogP) is 6.30. The molecule has 0 aliphatic rings. The Morgan fingerprint density at radius 2 is 1.55 bits per heavy atom. The molecule has 7 heteroatoms. The van der Waals surface area contributed by atoms with Crippen molar-refractivity contribution < 1.29 is 9.59 Å². The maximum atomic E-state index is 13.3. The monoisotopic (exact) mass is 482 g/mol. The average molecular weight is 484 g/mol. The van der Waals surface area contributed by atoms with Gasteiger partial charge in [-0.05, 0) is 49.9 Å². The number of nitrogens with one attached hydrogen (secondary N) is 1. The van der Waals surface area contributed by atoms with Crippen LogP contribution in [0.4, 0.5) is 0 Å². The molecule has 2 aromatic rings. The lowest BCUT2D eigenvalue weighted by Gasteiger charge is -2.32. The van der Waals surface area contributed by atoms with Crippen LogP contribution in [0.5, 0.6) is 0 Å². The number of hydrogen-bond acceptors (Lipinski definition) is 2. The second-order valence-corrected chi connectivity index (χ2v) is 8.78. The second kappa shape index (κ2) is 12.3. The van der Waals surface area contributed by atoms with Crippen LogP contribution in [0, 0.1) is 0 Å². The van der Waals surface area contributed by atoms with Crippen molar-refractivity contribution in [1.82, 2.24) is 10.2 Å². The first kappa shape index (κ1) is 25.5. The summed E-state index contributed by atoms with van der Waals surface area (Å²) in [6, 6.07) is 12.1. The van der Waals surface area contributed by atoms with E-state index >= 15 is 0 Å². The highest BCUT2D eigenvalue weighted by Gasteiger charge is 2.30. The number of carbonyl (C=O) groups excluding carboxylic acids is 2. The van der Waals surface area contributed by atoms with E-state index in [2.05, 4.69) is 5.32 Å². The first-order chi connectivity index (χ1) is 14.8. The molecule has 0 bridgehead atoms. The Kier molecular flexibility index (Phi) is 10.1. The molecular formula is C24H29Cl3N2O2. The second-order valence-electron chi connectivity index (χ2n) is 7.56. The fourth-order valence-corrected chi connectivity index (χ4v) is 4.05. The fraction of sp³-hybridized carbons (Fsp3) is 0.417. The van der Waals surface area contributed by atoms with Gasteiger partial charge >= 0.3 is 0 Å². The topological polar surface area (TPSA) is 49.4 Å². The van der Waals surface area contributed by atoms with Gasteiger partial charge in [-0.25, -0.2) is 0 Å². The highest BCUT2D eigenvalue weighted by Crippen LogP contribution is 2.27. The van der Waals surface area contributed by atoms with Crippen LogP contribution in [0.15, 0.2) is 42.5 Å². The maximum absolute atomic E-state index is 13.3. The predicted molar refractivity (Wildman–Crippen MR) is 129 cm³/mol. The number of hydrogen-bond donors (Lipinski definition) is 1. The number of aryl methyl sites for hydroxylation is 1. The van der Waals surface area contributed by atoms with Crippen molar-refractivity contribution in [3.8, 4) is 0 Å². The lowest BCUT2D eigenvalue weighted by Crippen LogP contribution is -2.50. The first-order valence-corrected chi connectivity index (χ1v) is 11.7. The minimum absolute atomic E-state index is 0.0190. The minimum Gasteiger partial charge on any atom is -0.352 e. The van der Waals surface area contributed by atoms with Crippen molar-refractivity contribution >= 4 is 46.6 Å². The van der Waals surface area contributed by atoms with Crippen LogP contribution < -0.4 is 5.32 Å². The van der Waals surface area contributed by atoms with E-state index in [1.807, 2.05) is 39.0 Å². The number of rotatable bonds is 10. The van der Waals surface area contributed by atoms with Gasteiger partial charge in [0.1, 0.15) is 6.04 Å². The van der Waals surface area contributed by atoms with Crippen molar-refractivity contribution in [3.05, 3.63) is 68.7 Å². The molecule has 0 aromatic heterocycles. The largest absolute Gasteiger partial charge is 0.352 e. The van der Waals surface area contributed by atoms with Crippen LogP contribution in [-0.2, 0) is 22.6 Å². The summed E-state index contributed by atoms with van der Waals surface area (Å²) in [5, 5.41) is 4.55. The molecule has 0 saturated carbocycles. The lowest BCUT2D eigenvalue weighted by atomic mass is 10.1. The highest BCUT2D eigenvalue weighted by molar-refractivity contribution is 6.36. The zero-order valence-electron chi connectivity index (χ0n) is 18.1. The summed E-state index contributed by atoms with van der Waals surface area (Å²) in [7, 11) is 0. The molecule has 0 spiro atoms. The normalized spacial score (nSPS) is 12.8. The molecule has 168 valence electrons.